The molecule has 116 valence electrons. The van der Waals surface area contributed by atoms with Gasteiger partial charge in [0, 0.05) is 51.9 Å². The fourth-order valence-electron chi connectivity index (χ4n) is 2.92. The van der Waals surface area contributed by atoms with Crippen LogP contribution in [0.3, 0.4) is 0 Å². The van der Waals surface area contributed by atoms with Gasteiger partial charge < -0.3 is 10.4 Å². The van der Waals surface area contributed by atoms with Gasteiger partial charge in [-0.05, 0) is 18.4 Å². The van der Waals surface area contributed by atoms with Gasteiger partial charge in [-0.1, -0.05) is 30.3 Å². The summed E-state index contributed by atoms with van der Waals surface area (Å²) in [5, 5.41) is 13.5. The molecule has 4 nitrogen and oxygen atoms in total. The molecule has 4 heteroatoms. The van der Waals surface area contributed by atoms with Crippen molar-refractivity contribution in [2.75, 3.05) is 39.3 Å². The molecule has 1 saturated heterocycles. The molecule has 1 heterocycles. The lowest BCUT2D eigenvalue weighted by Crippen LogP contribution is -2.49. The van der Waals surface area contributed by atoms with E-state index in [2.05, 4.69) is 45.4 Å². The SMILES string of the molecule is OC(CNC1CC1)CN1CCN(Cc2ccccc2)CC1. The van der Waals surface area contributed by atoms with E-state index in [9.17, 15) is 5.11 Å². The Bertz CT molecular complexity index is 413. The first-order valence-electron chi connectivity index (χ1n) is 8.20. The fourth-order valence-corrected chi connectivity index (χ4v) is 2.92. The van der Waals surface area contributed by atoms with Crippen LogP contribution in [0.15, 0.2) is 30.3 Å². The second-order valence-electron chi connectivity index (χ2n) is 6.40. The van der Waals surface area contributed by atoms with E-state index in [0.717, 1.165) is 45.8 Å². The van der Waals surface area contributed by atoms with E-state index in [1.165, 1.54) is 18.4 Å². The molecule has 0 spiro atoms. The molecule has 0 aromatic heterocycles. The average Bonchev–Trinajstić information content (AvgIpc) is 3.33. The normalized spacial score (nSPS) is 22.3. The third-order valence-electron chi connectivity index (χ3n) is 4.40. The predicted octanol–water partition coefficient (Wildman–Crippen LogP) is 0.917. The highest BCUT2D eigenvalue weighted by atomic mass is 16.3. The zero-order valence-electron chi connectivity index (χ0n) is 12.7. The van der Waals surface area contributed by atoms with E-state index in [-0.39, 0.29) is 6.10 Å². The summed E-state index contributed by atoms with van der Waals surface area (Å²) < 4.78 is 0. The van der Waals surface area contributed by atoms with E-state index in [1.54, 1.807) is 0 Å². The number of aliphatic hydroxyl groups excluding tert-OH is 1. The molecule has 1 aliphatic carbocycles. The number of aliphatic hydroxyl groups is 1. The molecule has 0 radical (unpaired) electrons. The molecule has 21 heavy (non-hydrogen) atoms. The van der Waals surface area contributed by atoms with E-state index in [0.29, 0.717) is 6.04 Å². The lowest BCUT2D eigenvalue weighted by Gasteiger charge is -2.35. The van der Waals surface area contributed by atoms with Crippen molar-refractivity contribution < 1.29 is 5.11 Å². The first-order chi connectivity index (χ1) is 10.3. The molecule has 1 aromatic carbocycles. The van der Waals surface area contributed by atoms with E-state index in [1.807, 2.05) is 0 Å². The quantitative estimate of drug-likeness (QED) is 0.783. The Morgan fingerprint density at radius 1 is 1.05 bits per heavy atom. The van der Waals surface area contributed by atoms with Crippen molar-refractivity contribution in [1.82, 2.24) is 15.1 Å². The maximum absolute atomic E-state index is 10.1. The van der Waals surface area contributed by atoms with Crippen LogP contribution >= 0.6 is 0 Å². The highest BCUT2D eigenvalue weighted by molar-refractivity contribution is 5.14. The monoisotopic (exact) mass is 289 g/mol. The van der Waals surface area contributed by atoms with Crippen LogP contribution in [0.2, 0.25) is 0 Å². The molecule has 2 N–H and O–H groups in total. The Kier molecular flexibility index (Phi) is 5.25. The van der Waals surface area contributed by atoms with Gasteiger partial charge in [-0.15, -0.1) is 0 Å². The fraction of sp³-hybridized carbons (Fsp3) is 0.647. The van der Waals surface area contributed by atoms with Crippen LogP contribution < -0.4 is 5.32 Å². The summed E-state index contributed by atoms with van der Waals surface area (Å²) in [7, 11) is 0. The lowest BCUT2D eigenvalue weighted by molar-refractivity contribution is 0.0699. The molecule has 1 aliphatic heterocycles. The summed E-state index contributed by atoms with van der Waals surface area (Å²) in [4.78, 5) is 4.89. The van der Waals surface area contributed by atoms with Crippen LogP contribution in [0.4, 0.5) is 0 Å². The number of piperazine rings is 1. The van der Waals surface area contributed by atoms with Gasteiger partial charge >= 0.3 is 0 Å². The molecule has 1 saturated carbocycles. The molecule has 1 aromatic rings. The Balaban J connectivity index is 1.34. The number of nitrogens with one attached hydrogen (secondary N) is 1. The molecule has 2 aliphatic rings. The molecular formula is C17H27N3O. The van der Waals surface area contributed by atoms with Crippen molar-refractivity contribution in [3.63, 3.8) is 0 Å². The van der Waals surface area contributed by atoms with Gasteiger partial charge in [0.1, 0.15) is 0 Å². The highest BCUT2D eigenvalue weighted by Gasteiger charge is 2.23. The van der Waals surface area contributed by atoms with Crippen molar-refractivity contribution in [3.05, 3.63) is 35.9 Å². The number of β-amino-alcohol motifs (C(OH)–C–C–N with tert-alkyl or cyclic N) is 1. The maximum Gasteiger partial charge on any atom is 0.0791 e. The second-order valence-corrected chi connectivity index (χ2v) is 6.40. The summed E-state index contributed by atoms with van der Waals surface area (Å²) >= 11 is 0. The molecule has 3 rings (SSSR count). The minimum atomic E-state index is -0.230. The second kappa shape index (κ2) is 7.36. The molecule has 2 fully saturated rings. The molecule has 1 unspecified atom stereocenters. The van der Waals surface area contributed by atoms with Crippen molar-refractivity contribution in [1.29, 1.82) is 0 Å². The zero-order chi connectivity index (χ0) is 14.5. The standard InChI is InChI=1S/C17H27N3O/c21-17(12-18-16-6-7-16)14-20-10-8-19(9-11-20)13-15-4-2-1-3-5-15/h1-5,16-18,21H,6-14H2. The van der Waals surface area contributed by atoms with Crippen LogP contribution in [0.1, 0.15) is 18.4 Å². The van der Waals surface area contributed by atoms with Crippen LogP contribution in [-0.4, -0.2) is 66.3 Å². The van der Waals surface area contributed by atoms with E-state index < -0.39 is 0 Å². The Labute approximate surface area is 127 Å². The first kappa shape index (κ1) is 15.0. The predicted molar refractivity (Wildman–Crippen MR) is 85.2 cm³/mol. The largest absolute Gasteiger partial charge is 0.390 e. The maximum atomic E-state index is 10.1. The van der Waals surface area contributed by atoms with Gasteiger partial charge in [-0.25, -0.2) is 0 Å². The summed E-state index contributed by atoms with van der Waals surface area (Å²) in [5.74, 6) is 0. The van der Waals surface area contributed by atoms with Crippen LogP contribution in [0.25, 0.3) is 0 Å². The van der Waals surface area contributed by atoms with Gasteiger partial charge in [0.15, 0.2) is 0 Å². The summed E-state index contributed by atoms with van der Waals surface area (Å²) in [6.07, 6.45) is 2.33. The van der Waals surface area contributed by atoms with Crippen molar-refractivity contribution >= 4 is 0 Å². The van der Waals surface area contributed by atoms with Crippen molar-refractivity contribution in [2.24, 2.45) is 0 Å². The molecule has 0 amide bonds. The minimum absolute atomic E-state index is 0.230. The van der Waals surface area contributed by atoms with Crippen LogP contribution in [-0.2, 0) is 6.54 Å². The van der Waals surface area contributed by atoms with Gasteiger partial charge in [0.05, 0.1) is 6.10 Å². The van der Waals surface area contributed by atoms with Gasteiger partial charge in [-0.3, -0.25) is 9.80 Å². The molecule has 0 bridgehead atoms. The van der Waals surface area contributed by atoms with Gasteiger partial charge in [0.2, 0.25) is 0 Å². The Morgan fingerprint density at radius 3 is 2.38 bits per heavy atom. The van der Waals surface area contributed by atoms with Crippen molar-refractivity contribution in [3.8, 4) is 0 Å². The number of benzene rings is 1. The third-order valence-corrected chi connectivity index (χ3v) is 4.40. The first-order valence-corrected chi connectivity index (χ1v) is 8.20. The number of hydrogen-bond donors (Lipinski definition) is 2. The number of nitrogens with zero attached hydrogens (tertiary/aromatic N) is 2. The van der Waals surface area contributed by atoms with Crippen LogP contribution in [0.5, 0.6) is 0 Å². The number of rotatable bonds is 7. The smallest absolute Gasteiger partial charge is 0.0791 e. The van der Waals surface area contributed by atoms with Gasteiger partial charge in [0.25, 0.3) is 0 Å². The molecule has 1 atom stereocenters. The van der Waals surface area contributed by atoms with Crippen molar-refractivity contribution in [2.45, 2.75) is 31.5 Å². The lowest BCUT2D eigenvalue weighted by atomic mass is 10.2. The summed E-state index contributed by atoms with van der Waals surface area (Å²) in [6, 6.07) is 11.4. The summed E-state index contributed by atoms with van der Waals surface area (Å²) in [6.45, 7) is 6.91. The topological polar surface area (TPSA) is 38.7 Å². The third kappa shape index (κ3) is 5.08. The minimum Gasteiger partial charge on any atom is -0.390 e. The Morgan fingerprint density at radius 2 is 1.71 bits per heavy atom. The van der Waals surface area contributed by atoms with Crippen LogP contribution in [0, 0.1) is 0 Å². The summed E-state index contributed by atoms with van der Waals surface area (Å²) in [5.41, 5.74) is 1.39. The highest BCUT2D eigenvalue weighted by Crippen LogP contribution is 2.18. The van der Waals surface area contributed by atoms with E-state index >= 15 is 0 Å². The number of hydrogen-bond acceptors (Lipinski definition) is 4. The Hall–Kier alpha value is -0.940. The average molecular weight is 289 g/mol. The zero-order valence-corrected chi connectivity index (χ0v) is 12.7. The van der Waals surface area contributed by atoms with Gasteiger partial charge in [-0.2, -0.15) is 0 Å². The molecular weight excluding hydrogens is 262 g/mol. The van der Waals surface area contributed by atoms with E-state index in [4.69, 9.17) is 0 Å².